The molecular formula is C13H27N3O. The molecule has 1 rings (SSSR count). The molecule has 1 fully saturated rings. The molecular weight excluding hydrogens is 214 g/mol. The number of likely N-dealkylation sites (tertiary alicyclic amines) is 1. The van der Waals surface area contributed by atoms with Crippen LogP contribution in [0.2, 0.25) is 0 Å². The Balaban J connectivity index is 2.24. The van der Waals surface area contributed by atoms with E-state index in [0.29, 0.717) is 6.42 Å². The number of primary amides is 1. The van der Waals surface area contributed by atoms with Gasteiger partial charge in [-0.1, -0.05) is 19.8 Å². The van der Waals surface area contributed by atoms with E-state index in [1.807, 2.05) is 0 Å². The average Bonchev–Trinajstić information content (AvgIpc) is 2.52. The highest BCUT2D eigenvalue weighted by Crippen LogP contribution is 2.21. The molecule has 1 aliphatic rings. The van der Waals surface area contributed by atoms with Gasteiger partial charge in [-0.15, -0.1) is 0 Å². The molecule has 0 aromatic heterocycles. The van der Waals surface area contributed by atoms with E-state index in [0.717, 1.165) is 25.6 Å². The van der Waals surface area contributed by atoms with Gasteiger partial charge in [0.15, 0.2) is 0 Å². The van der Waals surface area contributed by atoms with Crippen molar-refractivity contribution >= 4 is 5.91 Å². The minimum Gasteiger partial charge on any atom is -0.368 e. The Morgan fingerprint density at radius 1 is 1.41 bits per heavy atom. The first-order valence-electron chi connectivity index (χ1n) is 6.90. The molecule has 0 spiro atoms. The summed E-state index contributed by atoms with van der Waals surface area (Å²) in [6.45, 7) is 5.46. The first kappa shape index (κ1) is 14.5. The van der Waals surface area contributed by atoms with Crippen molar-refractivity contribution in [2.45, 2.75) is 51.5 Å². The summed E-state index contributed by atoms with van der Waals surface area (Å²) in [4.78, 5) is 13.3. The second-order valence-corrected chi connectivity index (χ2v) is 5.22. The summed E-state index contributed by atoms with van der Waals surface area (Å²) < 4.78 is 0. The molecule has 100 valence electrons. The van der Waals surface area contributed by atoms with Crippen LogP contribution >= 0.6 is 0 Å². The molecule has 0 aromatic carbocycles. The normalized spacial score (nSPS) is 24.2. The van der Waals surface area contributed by atoms with Gasteiger partial charge in [-0.2, -0.15) is 0 Å². The molecule has 0 bridgehead atoms. The van der Waals surface area contributed by atoms with E-state index >= 15 is 0 Å². The summed E-state index contributed by atoms with van der Waals surface area (Å²) >= 11 is 0. The van der Waals surface area contributed by atoms with Crippen molar-refractivity contribution in [1.82, 2.24) is 4.90 Å². The summed E-state index contributed by atoms with van der Waals surface area (Å²) in [6, 6.07) is -0.482. The summed E-state index contributed by atoms with van der Waals surface area (Å²) in [5, 5.41) is 0. The van der Waals surface area contributed by atoms with Crippen molar-refractivity contribution in [3.8, 4) is 0 Å². The van der Waals surface area contributed by atoms with E-state index in [1.54, 1.807) is 0 Å². The molecule has 17 heavy (non-hydrogen) atoms. The highest BCUT2D eigenvalue weighted by molar-refractivity contribution is 5.79. The van der Waals surface area contributed by atoms with Crippen LogP contribution in [0.5, 0.6) is 0 Å². The number of rotatable bonds is 6. The highest BCUT2D eigenvalue weighted by Gasteiger charge is 2.17. The van der Waals surface area contributed by atoms with Gasteiger partial charge >= 0.3 is 0 Å². The van der Waals surface area contributed by atoms with E-state index in [-0.39, 0.29) is 5.91 Å². The van der Waals surface area contributed by atoms with Gasteiger partial charge in [0, 0.05) is 6.54 Å². The van der Waals surface area contributed by atoms with Gasteiger partial charge in [0.1, 0.15) is 0 Å². The summed E-state index contributed by atoms with van der Waals surface area (Å²) in [6.07, 6.45) is 7.25. The Hall–Kier alpha value is -0.610. The van der Waals surface area contributed by atoms with Crippen molar-refractivity contribution in [1.29, 1.82) is 0 Å². The number of amides is 1. The molecule has 4 nitrogen and oxygen atoms in total. The fourth-order valence-electron chi connectivity index (χ4n) is 2.61. The fraction of sp³-hybridized carbons (Fsp3) is 0.923. The molecule has 1 aliphatic heterocycles. The lowest BCUT2D eigenvalue weighted by molar-refractivity contribution is -0.119. The van der Waals surface area contributed by atoms with Gasteiger partial charge in [-0.05, 0) is 44.7 Å². The predicted octanol–water partition coefficient (Wildman–Crippen LogP) is 1.09. The molecule has 4 N–H and O–H groups in total. The third kappa shape index (κ3) is 5.50. The van der Waals surface area contributed by atoms with E-state index in [9.17, 15) is 4.79 Å². The largest absolute Gasteiger partial charge is 0.368 e. The van der Waals surface area contributed by atoms with Crippen LogP contribution in [0.15, 0.2) is 0 Å². The Kier molecular flexibility index (Phi) is 6.52. The van der Waals surface area contributed by atoms with Crippen molar-refractivity contribution in [2.24, 2.45) is 17.4 Å². The smallest absolute Gasteiger partial charge is 0.234 e. The van der Waals surface area contributed by atoms with E-state index < -0.39 is 6.04 Å². The molecule has 0 saturated carbocycles. The van der Waals surface area contributed by atoms with Crippen LogP contribution in [-0.2, 0) is 4.79 Å². The Labute approximate surface area is 105 Å². The van der Waals surface area contributed by atoms with Crippen LogP contribution in [0.25, 0.3) is 0 Å². The zero-order valence-electron chi connectivity index (χ0n) is 11.0. The quantitative estimate of drug-likeness (QED) is 0.731. The number of hydrogen-bond donors (Lipinski definition) is 2. The maximum Gasteiger partial charge on any atom is 0.234 e. The fourth-order valence-corrected chi connectivity index (χ4v) is 2.61. The SMILES string of the molecule is CCCC1CCCN(CCC(N)C(N)=O)CC1. The van der Waals surface area contributed by atoms with Gasteiger partial charge in [-0.25, -0.2) is 0 Å². The van der Waals surface area contributed by atoms with Gasteiger partial charge in [0.2, 0.25) is 5.91 Å². The number of carbonyl (C=O) groups excluding carboxylic acids is 1. The van der Waals surface area contributed by atoms with Crippen LogP contribution < -0.4 is 11.5 Å². The Morgan fingerprint density at radius 2 is 2.18 bits per heavy atom. The minimum atomic E-state index is -0.482. The van der Waals surface area contributed by atoms with Crippen molar-refractivity contribution in [2.75, 3.05) is 19.6 Å². The second-order valence-electron chi connectivity index (χ2n) is 5.22. The zero-order chi connectivity index (χ0) is 12.7. The summed E-state index contributed by atoms with van der Waals surface area (Å²) in [5.74, 6) is 0.512. The molecule has 4 heteroatoms. The lowest BCUT2D eigenvalue weighted by atomic mass is 9.96. The topological polar surface area (TPSA) is 72.3 Å². The van der Waals surface area contributed by atoms with Crippen LogP contribution in [0, 0.1) is 5.92 Å². The number of nitrogens with two attached hydrogens (primary N) is 2. The summed E-state index contributed by atoms with van der Waals surface area (Å²) in [5.41, 5.74) is 10.8. The zero-order valence-corrected chi connectivity index (χ0v) is 11.0. The second kappa shape index (κ2) is 7.67. The molecule has 1 amide bonds. The van der Waals surface area contributed by atoms with E-state index in [1.165, 1.54) is 32.1 Å². The predicted molar refractivity (Wildman–Crippen MR) is 70.5 cm³/mol. The Morgan fingerprint density at radius 3 is 2.82 bits per heavy atom. The number of nitrogens with zero attached hydrogens (tertiary/aromatic N) is 1. The number of hydrogen-bond acceptors (Lipinski definition) is 3. The monoisotopic (exact) mass is 241 g/mol. The van der Waals surface area contributed by atoms with E-state index in [4.69, 9.17) is 11.5 Å². The van der Waals surface area contributed by atoms with Crippen molar-refractivity contribution in [3.05, 3.63) is 0 Å². The summed E-state index contributed by atoms with van der Waals surface area (Å²) in [7, 11) is 0. The van der Waals surface area contributed by atoms with Crippen molar-refractivity contribution < 1.29 is 4.79 Å². The standard InChI is InChI=1S/C13H27N3O/c1-2-4-11-5-3-8-16(9-6-11)10-7-12(14)13(15)17/h11-12H,2-10,14H2,1H3,(H2,15,17). The van der Waals surface area contributed by atoms with E-state index in [2.05, 4.69) is 11.8 Å². The lowest BCUT2D eigenvalue weighted by Gasteiger charge is -2.21. The van der Waals surface area contributed by atoms with Gasteiger partial charge in [0.05, 0.1) is 6.04 Å². The van der Waals surface area contributed by atoms with Crippen LogP contribution in [0.3, 0.4) is 0 Å². The lowest BCUT2D eigenvalue weighted by Crippen LogP contribution is -2.39. The minimum absolute atomic E-state index is 0.385. The Bertz CT molecular complexity index is 233. The maximum absolute atomic E-state index is 10.9. The van der Waals surface area contributed by atoms with Crippen LogP contribution in [0.1, 0.15) is 45.4 Å². The first-order chi connectivity index (χ1) is 8.13. The van der Waals surface area contributed by atoms with Gasteiger partial charge in [-0.3, -0.25) is 4.79 Å². The molecule has 0 radical (unpaired) electrons. The van der Waals surface area contributed by atoms with Crippen LogP contribution in [0.4, 0.5) is 0 Å². The molecule has 1 saturated heterocycles. The highest BCUT2D eigenvalue weighted by atomic mass is 16.1. The van der Waals surface area contributed by atoms with Crippen LogP contribution in [-0.4, -0.2) is 36.5 Å². The molecule has 2 unspecified atom stereocenters. The molecule has 1 heterocycles. The van der Waals surface area contributed by atoms with Gasteiger partial charge < -0.3 is 16.4 Å². The first-order valence-corrected chi connectivity index (χ1v) is 6.90. The van der Waals surface area contributed by atoms with Gasteiger partial charge in [0.25, 0.3) is 0 Å². The molecule has 0 aromatic rings. The number of carbonyl (C=O) groups is 1. The van der Waals surface area contributed by atoms with Crippen molar-refractivity contribution in [3.63, 3.8) is 0 Å². The average molecular weight is 241 g/mol. The molecule has 0 aliphatic carbocycles. The maximum atomic E-state index is 10.9. The third-order valence-corrected chi connectivity index (χ3v) is 3.76. The molecule has 2 atom stereocenters. The third-order valence-electron chi connectivity index (χ3n) is 3.76.